The normalized spacial score (nSPS) is 11.7. The van der Waals surface area contributed by atoms with Gasteiger partial charge in [0.2, 0.25) is 0 Å². The topological polar surface area (TPSA) is 0 Å². The van der Waals surface area contributed by atoms with Crippen LogP contribution in [-0.4, -0.2) is 0 Å². The lowest BCUT2D eigenvalue weighted by molar-refractivity contribution is 0.532. The molecule has 0 aromatic heterocycles. The van der Waals surface area contributed by atoms with Crippen molar-refractivity contribution >= 4 is 0 Å². The smallest absolute Gasteiger partial charge is 0.0320 e. The molecule has 0 rings (SSSR count). The van der Waals surface area contributed by atoms with Gasteiger partial charge in [0, 0.05) is 0 Å². The number of unbranched alkanes of at least 4 members (excludes halogenated alkanes) is 16. The second-order valence-electron chi connectivity index (χ2n) is 8.58. The number of allylic oxidation sites excluding steroid dienone is 4. The highest BCUT2D eigenvalue weighted by molar-refractivity contribution is 5.01. The molecule has 0 nitrogen and oxygen atoms in total. The van der Waals surface area contributed by atoms with Crippen molar-refractivity contribution in [2.75, 3.05) is 0 Å². The van der Waals surface area contributed by atoms with Crippen LogP contribution in [-0.2, 0) is 0 Å². The molecule has 0 N–H and O–H groups in total. The Morgan fingerprint density at radius 3 is 1.21 bits per heavy atom. The van der Waals surface area contributed by atoms with E-state index in [0.717, 1.165) is 0 Å². The van der Waals surface area contributed by atoms with Crippen molar-refractivity contribution in [3.63, 3.8) is 0 Å². The summed E-state index contributed by atoms with van der Waals surface area (Å²) in [5.41, 5.74) is 1.72. The van der Waals surface area contributed by atoms with E-state index < -0.39 is 0 Å². The van der Waals surface area contributed by atoms with E-state index in [1.807, 2.05) is 6.08 Å². The number of hydrogen-bond donors (Lipinski definition) is 0. The van der Waals surface area contributed by atoms with E-state index in [4.69, 9.17) is 0 Å². The SMILES string of the molecule is C=CCCCCCCCCCCCCCCCCC(=CCC)CCCCC=C. The maximum absolute atomic E-state index is 3.82. The highest BCUT2D eigenvalue weighted by atomic mass is 14.1. The van der Waals surface area contributed by atoms with Gasteiger partial charge in [-0.1, -0.05) is 108 Å². The van der Waals surface area contributed by atoms with Crippen LogP contribution in [0.2, 0.25) is 0 Å². The van der Waals surface area contributed by atoms with Gasteiger partial charge in [0.05, 0.1) is 0 Å². The molecular formula is C28H52. The van der Waals surface area contributed by atoms with Gasteiger partial charge in [-0.05, 0) is 57.8 Å². The van der Waals surface area contributed by atoms with Gasteiger partial charge >= 0.3 is 0 Å². The molecule has 0 amide bonds. The second-order valence-corrected chi connectivity index (χ2v) is 8.58. The molecule has 0 unspecified atom stereocenters. The largest absolute Gasteiger partial charge is 0.103 e. The first kappa shape index (κ1) is 27.2. The zero-order valence-electron chi connectivity index (χ0n) is 19.5. The Balaban J connectivity index is 3.32. The predicted molar refractivity (Wildman–Crippen MR) is 131 cm³/mol. The number of hydrogen-bond acceptors (Lipinski definition) is 0. The van der Waals surface area contributed by atoms with Crippen LogP contribution in [0, 0.1) is 0 Å². The van der Waals surface area contributed by atoms with Crippen LogP contribution in [0.15, 0.2) is 37.0 Å². The average Bonchev–Trinajstić information content (AvgIpc) is 2.70. The molecule has 0 saturated heterocycles. The molecule has 0 aliphatic heterocycles. The molecule has 28 heavy (non-hydrogen) atoms. The van der Waals surface area contributed by atoms with Gasteiger partial charge in [0.15, 0.2) is 0 Å². The third-order valence-corrected chi connectivity index (χ3v) is 5.81. The molecule has 0 heteroatoms. The van der Waals surface area contributed by atoms with Gasteiger partial charge in [-0.2, -0.15) is 0 Å². The Morgan fingerprint density at radius 1 is 0.500 bits per heavy atom. The molecule has 0 aromatic rings. The Kier molecular flexibility index (Phi) is 23.6. The molecule has 0 spiro atoms. The van der Waals surface area contributed by atoms with Gasteiger partial charge in [0.25, 0.3) is 0 Å². The van der Waals surface area contributed by atoms with Crippen molar-refractivity contribution in [3.05, 3.63) is 37.0 Å². The zero-order valence-corrected chi connectivity index (χ0v) is 19.5. The van der Waals surface area contributed by atoms with Gasteiger partial charge < -0.3 is 0 Å². The standard InChI is InChI=1S/C28H52/c1-4-7-9-11-12-13-14-15-16-17-18-19-20-21-22-24-27-28(25-6-3)26-23-10-8-5-2/h4-5,25H,1-2,6-24,26-27H2,3H3. The van der Waals surface area contributed by atoms with E-state index in [9.17, 15) is 0 Å². The van der Waals surface area contributed by atoms with Crippen molar-refractivity contribution in [2.45, 2.75) is 142 Å². The first-order chi connectivity index (χ1) is 13.8. The van der Waals surface area contributed by atoms with Crippen LogP contribution in [0.25, 0.3) is 0 Å². The molecule has 0 atom stereocenters. The van der Waals surface area contributed by atoms with Crippen LogP contribution in [0.3, 0.4) is 0 Å². The van der Waals surface area contributed by atoms with E-state index in [1.165, 1.54) is 135 Å². The third-order valence-electron chi connectivity index (χ3n) is 5.81. The molecule has 0 aliphatic carbocycles. The van der Waals surface area contributed by atoms with Crippen molar-refractivity contribution in [3.8, 4) is 0 Å². The summed E-state index contributed by atoms with van der Waals surface area (Å²) in [6, 6.07) is 0. The highest BCUT2D eigenvalue weighted by Crippen LogP contribution is 2.19. The number of rotatable bonds is 23. The molecule has 0 aliphatic rings. The molecule has 0 heterocycles. The highest BCUT2D eigenvalue weighted by Gasteiger charge is 1.99. The third kappa shape index (κ3) is 21.5. The average molecular weight is 389 g/mol. The lowest BCUT2D eigenvalue weighted by Gasteiger charge is -2.08. The summed E-state index contributed by atoms with van der Waals surface area (Å²) in [5, 5.41) is 0. The van der Waals surface area contributed by atoms with Crippen molar-refractivity contribution in [1.82, 2.24) is 0 Å². The monoisotopic (exact) mass is 388 g/mol. The summed E-state index contributed by atoms with van der Waals surface area (Å²) in [4.78, 5) is 0. The van der Waals surface area contributed by atoms with Gasteiger partial charge in [0.1, 0.15) is 0 Å². The Labute approximate surface area is 179 Å². The summed E-state index contributed by atoms with van der Waals surface area (Å²) < 4.78 is 0. The first-order valence-electron chi connectivity index (χ1n) is 12.7. The Bertz CT molecular complexity index is 349. The fraction of sp³-hybridized carbons (Fsp3) is 0.786. The zero-order chi connectivity index (χ0) is 20.5. The lowest BCUT2D eigenvalue weighted by atomic mass is 9.99. The minimum absolute atomic E-state index is 1.18. The van der Waals surface area contributed by atoms with E-state index in [-0.39, 0.29) is 0 Å². The summed E-state index contributed by atoms with van der Waals surface area (Å²) in [6.45, 7) is 9.88. The van der Waals surface area contributed by atoms with E-state index in [1.54, 1.807) is 5.57 Å². The van der Waals surface area contributed by atoms with Crippen molar-refractivity contribution < 1.29 is 0 Å². The van der Waals surface area contributed by atoms with Crippen molar-refractivity contribution in [2.24, 2.45) is 0 Å². The van der Waals surface area contributed by atoms with Gasteiger partial charge in [-0.3, -0.25) is 0 Å². The summed E-state index contributed by atoms with van der Waals surface area (Å²) in [6.07, 6.45) is 35.6. The fourth-order valence-electron chi connectivity index (χ4n) is 4.02. The molecule has 0 fully saturated rings. The van der Waals surface area contributed by atoms with Crippen LogP contribution < -0.4 is 0 Å². The Hall–Kier alpha value is -0.780. The lowest BCUT2D eigenvalue weighted by Crippen LogP contribution is -1.88. The second kappa shape index (κ2) is 24.3. The fourth-order valence-corrected chi connectivity index (χ4v) is 4.02. The molecule has 0 saturated carbocycles. The van der Waals surface area contributed by atoms with E-state index >= 15 is 0 Å². The summed E-state index contributed by atoms with van der Waals surface area (Å²) in [5.74, 6) is 0. The van der Waals surface area contributed by atoms with Gasteiger partial charge in [-0.25, -0.2) is 0 Å². The van der Waals surface area contributed by atoms with Crippen molar-refractivity contribution in [1.29, 1.82) is 0 Å². The summed E-state index contributed by atoms with van der Waals surface area (Å²) >= 11 is 0. The van der Waals surface area contributed by atoms with E-state index in [2.05, 4.69) is 32.2 Å². The van der Waals surface area contributed by atoms with Crippen LogP contribution in [0.1, 0.15) is 142 Å². The van der Waals surface area contributed by atoms with E-state index in [0.29, 0.717) is 0 Å². The Morgan fingerprint density at radius 2 is 0.821 bits per heavy atom. The predicted octanol–water partition coefficient (Wildman–Crippen LogP) is 10.5. The molecule has 164 valence electrons. The minimum atomic E-state index is 1.18. The first-order valence-corrected chi connectivity index (χ1v) is 12.7. The molecule has 0 bridgehead atoms. The molecule has 0 aromatic carbocycles. The summed E-state index contributed by atoms with van der Waals surface area (Å²) in [7, 11) is 0. The molecular weight excluding hydrogens is 336 g/mol. The maximum Gasteiger partial charge on any atom is -0.0320 e. The molecule has 0 radical (unpaired) electrons. The quantitative estimate of drug-likeness (QED) is 0.121. The van der Waals surface area contributed by atoms with Crippen LogP contribution in [0.5, 0.6) is 0 Å². The minimum Gasteiger partial charge on any atom is -0.103 e. The van der Waals surface area contributed by atoms with Crippen LogP contribution in [0.4, 0.5) is 0 Å². The maximum atomic E-state index is 3.82. The van der Waals surface area contributed by atoms with Gasteiger partial charge in [-0.15, -0.1) is 13.2 Å². The van der Waals surface area contributed by atoms with Crippen LogP contribution >= 0.6 is 0 Å².